The molecule has 0 atom stereocenters. The van der Waals surface area contributed by atoms with Crippen molar-refractivity contribution in [3.8, 4) is 0 Å². The standard InChI is InChI=1S/Al.2Mg.H4O4Si.H2O.7H/c;;;1-5(2,3)4;;;;;;;;/h;;;1-4H;1H2;;;;;;;. The summed E-state index contributed by atoms with van der Waals surface area (Å²) in [6.45, 7) is 0. The lowest BCUT2D eigenvalue weighted by Gasteiger charge is -1.91. The zero-order valence-electron chi connectivity index (χ0n) is 2.79. The van der Waals surface area contributed by atoms with Crippen LogP contribution in [0.1, 0.15) is 0 Å². The Morgan fingerprint density at radius 3 is 0.778 bits per heavy atom. The zero-order valence-corrected chi connectivity index (χ0v) is 3.79. The molecule has 54 valence electrons. The second-order valence-corrected chi connectivity index (χ2v) is 1.80. The topological polar surface area (TPSA) is 112 Å². The average molecular weight is 197 g/mol. The fourth-order valence-corrected chi connectivity index (χ4v) is 0. The van der Waals surface area contributed by atoms with Crippen LogP contribution < -0.4 is 0 Å². The van der Waals surface area contributed by atoms with E-state index in [2.05, 4.69) is 0 Å². The Labute approximate surface area is 96.3 Å². The van der Waals surface area contributed by atoms with Crippen LogP contribution >= 0.6 is 0 Å². The molecular formula is H13AlMg2O5Si. The predicted octanol–water partition coefficient (Wildman–Crippen LogP) is -6.45. The molecular weight excluding hydrogens is 184 g/mol. The molecule has 0 radical (unpaired) electrons. The first-order valence-corrected chi connectivity index (χ1v) is 2.68. The number of rotatable bonds is 0. The van der Waals surface area contributed by atoms with Crippen LogP contribution in [0.4, 0.5) is 0 Å². The highest BCUT2D eigenvalue weighted by Gasteiger charge is 2.22. The van der Waals surface area contributed by atoms with E-state index in [0.717, 1.165) is 0 Å². The van der Waals surface area contributed by atoms with E-state index in [1.807, 2.05) is 0 Å². The lowest BCUT2D eigenvalue weighted by atomic mass is 15.7. The van der Waals surface area contributed by atoms with E-state index >= 15 is 0 Å². The van der Waals surface area contributed by atoms with Gasteiger partial charge in [0, 0.05) is 0 Å². The third-order valence-corrected chi connectivity index (χ3v) is 0. The molecule has 9 heteroatoms. The quantitative estimate of drug-likeness (QED) is 0.289. The van der Waals surface area contributed by atoms with E-state index in [-0.39, 0.29) is 68.9 Å². The van der Waals surface area contributed by atoms with Gasteiger partial charge in [-0.25, -0.2) is 0 Å². The molecule has 0 aliphatic heterocycles. The van der Waals surface area contributed by atoms with E-state index < -0.39 is 9.05 Å². The minimum Gasteiger partial charge on any atom is -0.412 e. The fourth-order valence-electron chi connectivity index (χ4n) is 0. The van der Waals surface area contributed by atoms with Crippen molar-refractivity contribution >= 4 is 72.5 Å². The van der Waals surface area contributed by atoms with Gasteiger partial charge in [-0.05, 0) is 0 Å². The van der Waals surface area contributed by atoms with Crippen molar-refractivity contribution in [3.63, 3.8) is 0 Å². The third-order valence-electron chi connectivity index (χ3n) is 0. The van der Waals surface area contributed by atoms with E-state index in [1.54, 1.807) is 0 Å². The minimum atomic E-state index is -4.61. The van der Waals surface area contributed by atoms with Crippen LogP contribution in [0.15, 0.2) is 0 Å². The Balaban J connectivity index is -0.0000000133. The van der Waals surface area contributed by atoms with Gasteiger partial charge in [-0.3, -0.25) is 0 Å². The molecule has 0 rings (SSSR count). The van der Waals surface area contributed by atoms with E-state index in [4.69, 9.17) is 19.2 Å². The highest BCUT2D eigenvalue weighted by atomic mass is 28.4. The Morgan fingerprint density at radius 2 is 0.778 bits per heavy atom. The summed E-state index contributed by atoms with van der Waals surface area (Å²) in [6, 6.07) is 0. The Bertz CT molecular complexity index is 30.4. The molecule has 0 aliphatic carbocycles. The summed E-state index contributed by atoms with van der Waals surface area (Å²) in [7, 11) is -4.61. The molecule has 0 saturated carbocycles. The van der Waals surface area contributed by atoms with Crippen molar-refractivity contribution in [2.45, 2.75) is 0 Å². The highest BCUT2D eigenvalue weighted by Crippen LogP contribution is 1.67. The maximum Gasteiger partial charge on any atom is 0.668 e. The van der Waals surface area contributed by atoms with Gasteiger partial charge >= 0.3 is 55.2 Å². The third kappa shape index (κ3) is 152. The van der Waals surface area contributed by atoms with Gasteiger partial charge in [-0.1, -0.05) is 0 Å². The van der Waals surface area contributed by atoms with Crippen molar-refractivity contribution in [3.05, 3.63) is 0 Å². The van der Waals surface area contributed by atoms with Crippen molar-refractivity contribution in [1.29, 1.82) is 0 Å². The summed E-state index contributed by atoms with van der Waals surface area (Å²) in [4.78, 5) is 29.3. The van der Waals surface area contributed by atoms with Crippen LogP contribution in [-0.4, -0.2) is 97.2 Å². The summed E-state index contributed by atoms with van der Waals surface area (Å²) in [5.41, 5.74) is 0. The molecule has 0 amide bonds. The van der Waals surface area contributed by atoms with Crippen molar-refractivity contribution in [2.75, 3.05) is 0 Å². The monoisotopic (exact) mass is 196 g/mol. The van der Waals surface area contributed by atoms with Gasteiger partial charge in [0.25, 0.3) is 0 Å². The Morgan fingerprint density at radius 1 is 0.778 bits per heavy atom. The van der Waals surface area contributed by atoms with Crippen LogP contribution in [0.5, 0.6) is 0 Å². The molecule has 0 bridgehead atoms. The van der Waals surface area contributed by atoms with Crippen LogP contribution in [-0.2, 0) is 0 Å². The molecule has 0 saturated heterocycles. The smallest absolute Gasteiger partial charge is 0.412 e. The van der Waals surface area contributed by atoms with Gasteiger partial charge in [0.1, 0.15) is 0 Å². The largest absolute Gasteiger partial charge is 0.668 e. The van der Waals surface area contributed by atoms with E-state index in [1.165, 1.54) is 0 Å². The molecule has 0 unspecified atom stereocenters. The first-order chi connectivity index (χ1) is 2.00. The first kappa shape index (κ1) is 30.5. The molecule has 0 heterocycles. The summed E-state index contributed by atoms with van der Waals surface area (Å²) in [5, 5.41) is 0. The predicted molar refractivity (Wildman–Crippen MR) is 45.3 cm³/mol. The van der Waals surface area contributed by atoms with Gasteiger partial charge in [0.2, 0.25) is 0 Å². The Hall–Kier alpha value is 2.08. The number of hydrogen-bond acceptors (Lipinski definition) is 4. The van der Waals surface area contributed by atoms with E-state index in [9.17, 15) is 0 Å². The van der Waals surface area contributed by atoms with Crippen molar-refractivity contribution in [1.82, 2.24) is 0 Å². The molecule has 6 N–H and O–H groups in total. The molecule has 0 spiro atoms. The first-order valence-electron chi connectivity index (χ1n) is 0.894. The average Bonchev–Trinajstić information content (AvgIpc) is 0.722. The lowest BCUT2D eigenvalue weighted by molar-refractivity contribution is 0.117. The molecule has 0 aromatic carbocycles. The van der Waals surface area contributed by atoms with Gasteiger partial charge in [-0.15, -0.1) is 0 Å². The van der Waals surface area contributed by atoms with Crippen molar-refractivity contribution in [2.24, 2.45) is 0 Å². The van der Waals surface area contributed by atoms with Crippen LogP contribution in [0, 0.1) is 0 Å². The van der Waals surface area contributed by atoms with Crippen LogP contribution in [0.2, 0.25) is 0 Å². The maximum atomic E-state index is 7.33. The molecule has 0 fully saturated rings. The van der Waals surface area contributed by atoms with Gasteiger partial charge in [-0.2, -0.15) is 0 Å². The summed E-state index contributed by atoms with van der Waals surface area (Å²) < 4.78 is 0. The summed E-state index contributed by atoms with van der Waals surface area (Å²) in [6.07, 6.45) is 0. The molecule has 9 heavy (non-hydrogen) atoms. The SMILES string of the molecule is O.O[Si](O)(O)O.[AlH3].[MgH2].[MgH2]. The Kier molecular flexibility index (Phi) is 43.1. The molecule has 0 aromatic rings. The van der Waals surface area contributed by atoms with Crippen LogP contribution in [0.3, 0.4) is 0 Å². The normalized spacial score (nSPS) is 6.67. The van der Waals surface area contributed by atoms with Crippen LogP contribution in [0.25, 0.3) is 0 Å². The lowest BCUT2D eigenvalue weighted by Crippen LogP contribution is -2.33. The summed E-state index contributed by atoms with van der Waals surface area (Å²) in [5.74, 6) is 0. The second kappa shape index (κ2) is 12.7. The zero-order chi connectivity index (χ0) is 4.50. The van der Waals surface area contributed by atoms with E-state index in [0.29, 0.717) is 0 Å². The number of hydrogen-bond donors (Lipinski definition) is 4. The van der Waals surface area contributed by atoms with Gasteiger partial charge < -0.3 is 24.7 Å². The van der Waals surface area contributed by atoms with Gasteiger partial charge in [0.05, 0.1) is 0 Å². The maximum absolute atomic E-state index is 7.33. The fraction of sp³-hybridized carbons (Fsp3) is 0. The second-order valence-electron chi connectivity index (χ2n) is 0.600. The minimum absolute atomic E-state index is 0. The van der Waals surface area contributed by atoms with Crippen molar-refractivity contribution < 1.29 is 24.7 Å². The molecule has 0 aliphatic rings. The molecule has 5 nitrogen and oxygen atoms in total. The highest BCUT2D eigenvalue weighted by molar-refractivity contribution is 6.46. The molecule has 0 aromatic heterocycles. The summed E-state index contributed by atoms with van der Waals surface area (Å²) >= 11 is 0. The van der Waals surface area contributed by atoms with Gasteiger partial charge in [0.15, 0.2) is 17.4 Å².